The molecule has 0 amide bonds. The number of carbonyl (C=O) groups is 1. The van der Waals surface area contributed by atoms with Gasteiger partial charge in [-0.25, -0.2) is 0 Å². The van der Waals surface area contributed by atoms with Gasteiger partial charge in [0.2, 0.25) is 0 Å². The summed E-state index contributed by atoms with van der Waals surface area (Å²) in [5, 5.41) is 0. The average Bonchev–Trinajstić information content (AvgIpc) is 2.05. The minimum absolute atomic E-state index is 0.573. The predicted octanol–water partition coefficient (Wildman–Crippen LogP) is 1.21. The molecule has 0 aliphatic heterocycles. The smallest absolute Gasteiger partial charge is 0.152 e. The molecule has 0 fully saturated rings. The average molecular weight is 151 g/mol. The summed E-state index contributed by atoms with van der Waals surface area (Å²) in [6.07, 6.45) is 2.35. The van der Waals surface area contributed by atoms with Crippen LogP contribution >= 0.6 is 0 Å². The maximum atomic E-state index is 10.4. The first-order valence-electron chi connectivity index (χ1n) is 3.23. The highest BCUT2D eigenvalue weighted by Crippen LogP contribution is 2.11. The van der Waals surface area contributed by atoms with Crippen molar-refractivity contribution in [1.29, 1.82) is 0 Å². The maximum Gasteiger partial charge on any atom is 0.152 e. The molecule has 0 aromatic carbocycles. The van der Waals surface area contributed by atoms with Crippen molar-refractivity contribution in [1.82, 2.24) is 4.98 Å². The first-order valence-corrected chi connectivity index (χ1v) is 3.23. The number of aryl methyl sites for hydroxylation is 1. The molecular formula is C8H9NO2. The zero-order chi connectivity index (χ0) is 8.27. The third-order valence-electron chi connectivity index (χ3n) is 1.46. The molecule has 0 atom stereocenters. The lowest BCUT2D eigenvalue weighted by Crippen LogP contribution is -1.92. The van der Waals surface area contributed by atoms with Crippen molar-refractivity contribution >= 4 is 6.29 Å². The lowest BCUT2D eigenvalue weighted by atomic mass is 10.2. The van der Waals surface area contributed by atoms with Crippen molar-refractivity contribution in [3.8, 4) is 5.75 Å². The van der Waals surface area contributed by atoms with Crippen LogP contribution in [0.2, 0.25) is 0 Å². The van der Waals surface area contributed by atoms with Crippen LogP contribution in [0, 0.1) is 6.92 Å². The highest BCUT2D eigenvalue weighted by atomic mass is 16.5. The number of pyridine rings is 1. The highest BCUT2D eigenvalue weighted by Gasteiger charge is 1.99. The Balaban J connectivity index is 3.12. The lowest BCUT2D eigenvalue weighted by molar-refractivity contribution is 0.112. The summed E-state index contributed by atoms with van der Waals surface area (Å²) in [5.41, 5.74) is 1.30. The van der Waals surface area contributed by atoms with Crippen LogP contribution < -0.4 is 4.74 Å². The van der Waals surface area contributed by atoms with E-state index >= 15 is 0 Å². The van der Waals surface area contributed by atoms with Crippen molar-refractivity contribution in [2.24, 2.45) is 0 Å². The Bertz CT molecular complexity index is 271. The van der Waals surface area contributed by atoms with Gasteiger partial charge in [-0.3, -0.25) is 9.78 Å². The van der Waals surface area contributed by atoms with Crippen molar-refractivity contribution in [2.45, 2.75) is 6.92 Å². The van der Waals surface area contributed by atoms with Gasteiger partial charge < -0.3 is 4.74 Å². The van der Waals surface area contributed by atoms with Gasteiger partial charge in [0, 0.05) is 11.3 Å². The fourth-order valence-corrected chi connectivity index (χ4v) is 0.761. The molecule has 3 heteroatoms. The fourth-order valence-electron chi connectivity index (χ4n) is 0.761. The molecule has 0 spiro atoms. The van der Waals surface area contributed by atoms with Gasteiger partial charge in [-0.05, 0) is 13.0 Å². The van der Waals surface area contributed by atoms with Gasteiger partial charge in [-0.1, -0.05) is 0 Å². The summed E-state index contributed by atoms with van der Waals surface area (Å²) >= 11 is 0. The minimum Gasteiger partial charge on any atom is -0.495 e. The Morgan fingerprint density at radius 2 is 2.36 bits per heavy atom. The van der Waals surface area contributed by atoms with Crippen LogP contribution in [-0.2, 0) is 0 Å². The van der Waals surface area contributed by atoms with Gasteiger partial charge in [-0.15, -0.1) is 0 Å². The fraction of sp³-hybridized carbons (Fsp3) is 0.250. The summed E-state index contributed by atoms with van der Waals surface area (Å²) in [7, 11) is 1.54. The van der Waals surface area contributed by atoms with E-state index in [0.29, 0.717) is 11.3 Å². The lowest BCUT2D eigenvalue weighted by Gasteiger charge is -2.00. The summed E-state index contributed by atoms with van der Waals surface area (Å²) < 4.78 is 4.89. The minimum atomic E-state index is 0.573. The molecule has 0 saturated carbocycles. The van der Waals surface area contributed by atoms with Crippen molar-refractivity contribution in [2.75, 3.05) is 7.11 Å². The monoisotopic (exact) mass is 151 g/mol. The number of hydrogen-bond acceptors (Lipinski definition) is 3. The molecular weight excluding hydrogens is 142 g/mol. The molecule has 0 aliphatic carbocycles. The summed E-state index contributed by atoms with van der Waals surface area (Å²) in [6.45, 7) is 1.78. The molecule has 1 heterocycles. The molecule has 3 nitrogen and oxygen atoms in total. The van der Waals surface area contributed by atoms with Gasteiger partial charge in [0.1, 0.15) is 5.75 Å². The van der Waals surface area contributed by atoms with E-state index in [9.17, 15) is 4.79 Å². The third kappa shape index (κ3) is 1.55. The SMILES string of the molecule is COc1cnc(C)c(C=O)c1. The van der Waals surface area contributed by atoms with Crippen LogP contribution in [0.3, 0.4) is 0 Å². The number of aromatic nitrogens is 1. The Kier molecular flexibility index (Phi) is 2.21. The van der Waals surface area contributed by atoms with Gasteiger partial charge in [-0.2, -0.15) is 0 Å². The third-order valence-corrected chi connectivity index (χ3v) is 1.46. The number of hydrogen-bond donors (Lipinski definition) is 0. The number of carbonyl (C=O) groups excluding carboxylic acids is 1. The van der Waals surface area contributed by atoms with Crippen LogP contribution in [0.25, 0.3) is 0 Å². The molecule has 0 aliphatic rings. The standard InChI is InChI=1S/C8H9NO2/c1-6-7(5-10)3-8(11-2)4-9-6/h3-5H,1-2H3. The van der Waals surface area contributed by atoms with Gasteiger partial charge in [0.05, 0.1) is 13.3 Å². The molecule has 1 aromatic heterocycles. The van der Waals surface area contributed by atoms with Crippen molar-refractivity contribution in [3.63, 3.8) is 0 Å². The van der Waals surface area contributed by atoms with Crippen LogP contribution in [-0.4, -0.2) is 18.4 Å². The van der Waals surface area contributed by atoms with E-state index < -0.39 is 0 Å². The normalized spacial score (nSPS) is 9.27. The van der Waals surface area contributed by atoms with Gasteiger partial charge in [0.25, 0.3) is 0 Å². The molecule has 0 N–H and O–H groups in total. The quantitative estimate of drug-likeness (QED) is 0.596. The second-order valence-corrected chi connectivity index (χ2v) is 2.17. The highest BCUT2D eigenvalue weighted by molar-refractivity contribution is 5.76. The van der Waals surface area contributed by atoms with Crippen LogP contribution in [0.1, 0.15) is 16.1 Å². The summed E-state index contributed by atoms with van der Waals surface area (Å²) in [5.74, 6) is 0.609. The second kappa shape index (κ2) is 3.14. The molecule has 1 aromatic rings. The number of aldehydes is 1. The van der Waals surface area contributed by atoms with E-state index in [0.717, 1.165) is 12.0 Å². The van der Waals surface area contributed by atoms with Crippen LogP contribution in [0.4, 0.5) is 0 Å². The molecule has 0 unspecified atom stereocenters. The second-order valence-electron chi connectivity index (χ2n) is 2.17. The van der Waals surface area contributed by atoms with Crippen molar-refractivity contribution in [3.05, 3.63) is 23.5 Å². The van der Waals surface area contributed by atoms with Crippen molar-refractivity contribution < 1.29 is 9.53 Å². The molecule has 0 bridgehead atoms. The topological polar surface area (TPSA) is 39.2 Å². The van der Waals surface area contributed by atoms with E-state index in [4.69, 9.17) is 4.74 Å². The predicted molar refractivity (Wildman–Crippen MR) is 40.9 cm³/mol. The maximum absolute atomic E-state index is 10.4. The summed E-state index contributed by atoms with van der Waals surface area (Å²) in [6, 6.07) is 1.66. The van der Waals surface area contributed by atoms with E-state index in [1.807, 2.05) is 0 Å². The Hall–Kier alpha value is -1.38. The van der Waals surface area contributed by atoms with E-state index in [1.54, 1.807) is 26.3 Å². The number of nitrogens with zero attached hydrogens (tertiary/aromatic N) is 1. The summed E-state index contributed by atoms with van der Waals surface area (Å²) in [4.78, 5) is 14.4. The van der Waals surface area contributed by atoms with Crippen LogP contribution in [0.5, 0.6) is 5.75 Å². The first kappa shape index (κ1) is 7.72. The molecule has 0 saturated heterocycles. The zero-order valence-electron chi connectivity index (χ0n) is 6.50. The number of methoxy groups -OCH3 is 1. The number of ether oxygens (including phenoxy) is 1. The van der Waals surface area contributed by atoms with Gasteiger partial charge in [0.15, 0.2) is 6.29 Å². The Morgan fingerprint density at radius 1 is 1.64 bits per heavy atom. The Labute approximate surface area is 65.0 Å². The van der Waals surface area contributed by atoms with E-state index in [2.05, 4.69) is 4.98 Å². The van der Waals surface area contributed by atoms with E-state index in [1.165, 1.54) is 0 Å². The number of rotatable bonds is 2. The molecule has 58 valence electrons. The van der Waals surface area contributed by atoms with Gasteiger partial charge >= 0.3 is 0 Å². The molecule has 11 heavy (non-hydrogen) atoms. The molecule has 0 radical (unpaired) electrons. The van der Waals surface area contributed by atoms with Crippen LogP contribution in [0.15, 0.2) is 12.3 Å². The largest absolute Gasteiger partial charge is 0.495 e. The molecule has 1 rings (SSSR count). The first-order chi connectivity index (χ1) is 5.27. The van der Waals surface area contributed by atoms with E-state index in [-0.39, 0.29) is 0 Å². The Morgan fingerprint density at radius 3 is 2.91 bits per heavy atom. The zero-order valence-corrected chi connectivity index (χ0v) is 6.50.